The van der Waals surface area contributed by atoms with E-state index in [1.807, 2.05) is 0 Å². The van der Waals surface area contributed by atoms with Crippen molar-refractivity contribution in [2.45, 2.75) is 63.3 Å². The first kappa shape index (κ1) is 11.9. The molecule has 104 valence electrons. The molecule has 4 heteroatoms. The SMILES string of the molecule is C1CCC(c2noc(C3NCC4CCCC43)n2)CC1. The topological polar surface area (TPSA) is 51.0 Å². The molecule has 0 radical (unpaired) electrons. The zero-order valence-electron chi connectivity index (χ0n) is 11.5. The van der Waals surface area contributed by atoms with Gasteiger partial charge in [0.05, 0.1) is 6.04 Å². The highest BCUT2D eigenvalue weighted by Gasteiger charge is 2.42. The molecular formula is C15H23N3O. The molecule has 3 fully saturated rings. The maximum absolute atomic E-state index is 5.59. The molecule has 3 unspecified atom stereocenters. The van der Waals surface area contributed by atoms with Crippen molar-refractivity contribution in [3.8, 4) is 0 Å². The maximum atomic E-state index is 5.59. The zero-order valence-corrected chi connectivity index (χ0v) is 11.5. The Morgan fingerprint density at radius 3 is 2.79 bits per heavy atom. The summed E-state index contributed by atoms with van der Waals surface area (Å²) in [7, 11) is 0. The molecule has 0 amide bonds. The molecule has 4 rings (SSSR count). The van der Waals surface area contributed by atoms with E-state index >= 15 is 0 Å². The first-order valence-corrected chi connectivity index (χ1v) is 7.99. The molecule has 3 atom stereocenters. The largest absolute Gasteiger partial charge is 0.338 e. The third kappa shape index (κ3) is 2.10. The molecule has 1 aliphatic heterocycles. The number of nitrogens with one attached hydrogen (secondary N) is 1. The fraction of sp³-hybridized carbons (Fsp3) is 0.867. The number of rotatable bonds is 2. The molecule has 1 aromatic heterocycles. The average molecular weight is 261 g/mol. The molecule has 19 heavy (non-hydrogen) atoms. The van der Waals surface area contributed by atoms with Gasteiger partial charge in [0, 0.05) is 5.92 Å². The number of fused-ring (bicyclic) bond motifs is 1. The maximum Gasteiger partial charge on any atom is 0.244 e. The standard InChI is InChI=1S/C15H23N3O/c1-2-5-10(6-3-1)14-17-15(19-18-14)13-12-8-4-7-11(12)9-16-13/h10-13,16H,1-9H2. The van der Waals surface area contributed by atoms with Crippen molar-refractivity contribution in [2.24, 2.45) is 11.8 Å². The lowest BCUT2D eigenvalue weighted by Gasteiger charge is -2.17. The smallest absolute Gasteiger partial charge is 0.244 e. The molecule has 0 aromatic carbocycles. The van der Waals surface area contributed by atoms with Gasteiger partial charge in [0.25, 0.3) is 0 Å². The van der Waals surface area contributed by atoms with Crippen LogP contribution >= 0.6 is 0 Å². The molecule has 1 saturated heterocycles. The van der Waals surface area contributed by atoms with Crippen LogP contribution in [0, 0.1) is 11.8 Å². The summed E-state index contributed by atoms with van der Waals surface area (Å²) < 4.78 is 5.59. The highest BCUT2D eigenvalue weighted by molar-refractivity contribution is 5.05. The zero-order chi connectivity index (χ0) is 12.7. The lowest BCUT2D eigenvalue weighted by atomic mass is 9.89. The highest BCUT2D eigenvalue weighted by Crippen LogP contribution is 2.44. The van der Waals surface area contributed by atoms with Gasteiger partial charge in [0.15, 0.2) is 5.82 Å². The minimum Gasteiger partial charge on any atom is -0.338 e. The molecule has 2 saturated carbocycles. The van der Waals surface area contributed by atoms with Crippen LogP contribution in [0.1, 0.15) is 75.0 Å². The van der Waals surface area contributed by atoms with E-state index < -0.39 is 0 Å². The van der Waals surface area contributed by atoms with Crippen molar-refractivity contribution in [1.29, 1.82) is 0 Å². The van der Waals surface area contributed by atoms with Crippen LogP contribution in [0.3, 0.4) is 0 Å². The third-order valence-electron chi connectivity index (χ3n) is 5.44. The van der Waals surface area contributed by atoms with Crippen LogP contribution in [-0.2, 0) is 0 Å². The Hall–Kier alpha value is -0.900. The fourth-order valence-electron chi connectivity index (χ4n) is 4.36. The van der Waals surface area contributed by atoms with Gasteiger partial charge in [0.1, 0.15) is 0 Å². The highest BCUT2D eigenvalue weighted by atomic mass is 16.5. The van der Waals surface area contributed by atoms with Gasteiger partial charge < -0.3 is 9.84 Å². The lowest BCUT2D eigenvalue weighted by molar-refractivity contribution is 0.298. The van der Waals surface area contributed by atoms with Gasteiger partial charge in [-0.25, -0.2) is 0 Å². The predicted molar refractivity (Wildman–Crippen MR) is 71.7 cm³/mol. The number of aromatic nitrogens is 2. The van der Waals surface area contributed by atoms with Gasteiger partial charge >= 0.3 is 0 Å². The van der Waals surface area contributed by atoms with Crippen LogP contribution in [0.5, 0.6) is 0 Å². The van der Waals surface area contributed by atoms with Gasteiger partial charge in [-0.3, -0.25) is 0 Å². The molecular weight excluding hydrogens is 238 g/mol. The Labute approximate surface area is 114 Å². The van der Waals surface area contributed by atoms with Crippen LogP contribution < -0.4 is 5.32 Å². The first-order chi connectivity index (χ1) is 9.42. The molecule has 0 bridgehead atoms. The van der Waals surface area contributed by atoms with E-state index in [4.69, 9.17) is 9.51 Å². The predicted octanol–water partition coefficient (Wildman–Crippen LogP) is 3.18. The second-order valence-corrected chi connectivity index (χ2v) is 6.57. The average Bonchev–Trinajstić information content (AvgIpc) is 3.15. The van der Waals surface area contributed by atoms with E-state index in [1.54, 1.807) is 0 Å². The van der Waals surface area contributed by atoms with Crippen LogP contribution in [0.15, 0.2) is 4.52 Å². The molecule has 0 spiro atoms. The molecule has 1 N–H and O–H groups in total. The van der Waals surface area contributed by atoms with E-state index in [0.29, 0.717) is 12.0 Å². The fourth-order valence-corrected chi connectivity index (χ4v) is 4.36. The van der Waals surface area contributed by atoms with Crippen molar-refractivity contribution >= 4 is 0 Å². The number of hydrogen-bond donors (Lipinski definition) is 1. The number of hydrogen-bond acceptors (Lipinski definition) is 4. The quantitative estimate of drug-likeness (QED) is 0.888. The first-order valence-electron chi connectivity index (χ1n) is 7.99. The summed E-state index contributed by atoms with van der Waals surface area (Å²) in [5.41, 5.74) is 0. The van der Waals surface area contributed by atoms with Gasteiger partial charge in [-0.05, 0) is 44.1 Å². The van der Waals surface area contributed by atoms with Crippen LogP contribution in [-0.4, -0.2) is 16.7 Å². The Morgan fingerprint density at radius 1 is 1.00 bits per heavy atom. The summed E-state index contributed by atoms with van der Waals surface area (Å²) in [4.78, 5) is 4.74. The van der Waals surface area contributed by atoms with Crippen LogP contribution in [0.2, 0.25) is 0 Å². The van der Waals surface area contributed by atoms with E-state index in [2.05, 4.69) is 10.5 Å². The lowest BCUT2D eigenvalue weighted by Crippen LogP contribution is -2.18. The normalized spacial score (nSPS) is 35.7. The monoisotopic (exact) mass is 261 g/mol. The summed E-state index contributed by atoms with van der Waals surface area (Å²) in [5.74, 6) is 3.95. The van der Waals surface area contributed by atoms with Gasteiger partial charge in [-0.1, -0.05) is 30.8 Å². The second kappa shape index (κ2) is 4.89. The van der Waals surface area contributed by atoms with Gasteiger partial charge in [0.2, 0.25) is 5.89 Å². The Kier molecular flexibility index (Phi) is 3.06. The summed E-state index contributed by atoms with van der Waals surface area (Å²) in [5, 5.41) is 7.87. The van der Waals surface area contributed by atoms with Gasteiger partial charge in [-0.15, -0.1) is 0 Å². The number of nitrogens with zero attached hydrogens (tertiary/aromatic N) is 2. The minimum absolute atomic E-state index is 0.331. The van der Waals surface area contributed by atoms with E-state index in [1.165, 1.54) is 51.4 Å². The van der Waals surface area contributed by atoms with E-state index in [-0.39, 0.29) is 0 Å². The Morgan fingerprint density at radius 2 is 1.89 bits per heavy atom. The Bertz CT molecular complexity index is 438. The van der Waals surface area contributed by atoms with E-state index in [9.17, 15) is 0 Å². The van der Waals surface area contributed by atoms with Crippen molar-refractivity contribution < 1.29 is 4.52 Å². The molecule has 3 aliphatic rings. The summed E-state index contributed by atoms with van der Waals surface area (Å²) >= 11 is 0. The van der Waals surface area contributed by atoms with Gasteiger partial charge in [-0.2, -0.15) is 4.98 Å². The summed E-state index contributed by atoms with van der Waals surface area (Å²) in [6, 6.07) is 0.331. The van der Waals surface area contributed by atoms with Crippen LogP contribution in [0.25, 0.3) is 0 Å². The summed E-state index contributed by atoms with van der Waals surface area (Å²) in [6.45, 7) is 1.14. The molecule has 4 nitrogen and oxygen atoms in total. The Balaban J connectivity index is 1.51. The van der Waals surface area contributed by atoms with E-state index in [0.717, 1.165) is 30.1 Å². The van der Waals surface area contributed by atoms with Crippen molar-refractivity contribution in [1.82, 2.24) is 15.5 Å². The molecule has 2 aliphatic carbocycles. The van der Waals surface area contributed by atoms with Crippen molar-refractivity contribution in [3.05, 3.63) is 11.7 Å². The van der Waals surface area contributed by atoms with Crippen molar-refractivity contribution in [2.75, 3.05) is 6.54 Å². The van der Waals surface area contributed by atoms with Crippen LogP contribution in [0.4, 0.5) is 0 Å². The third-order valence-corrected chi connectivity index (χ3v) is 5.44. The molecule has 2 heterocycles. The summed E-state index contributed by atoms with van der Waals surface area (Å²) in [6.07, 6.45) is 10.6. The minimum atomic E-state index is 0.331. The second-order valence-electron chi connectivity index (χ2n) is 6.57. The molecule has 1 aromatic rings. The van der Waals surface area contributed by atoms with Crippen molar-refractivity contribution in [3.63, 3.8) is 0 Å².